The second-order valence-corrected chi connectivity index (χ2v) is 10.8. The van der Waals surface area contributed by atoms with E-state index < -0.39 is 58.8 Å². The molecule has 0 aliphatic rings. The molecule has 0 aliphatic heterocycles. The van der Waals surface area contributed by atoms with Crippen molar-refractivity contribution in [1.82, 2.24) is 13.8 Å². The number of benzene rings is 2. The predicted molar refractivity (Wildman–Crippen MR) is 115 cm³/mol. The molecule has 0 fully saturated rings. The number of anilines is 1. The van der Waals surface area contributed by atoms with Crippen molar-refractivity contribution in [3.8, 4) is 0 Å². The van der Waals surface area contributed by atoms with Gasteiger partial charge in [0.1, 0.15) is 10.6 Å². The van der Waals surface area contributed by atoms with Gasteiger partial charge < -0.3 is 0 Å². The molecule has 0 spiro atoms. The van der Waals surface area contributed by atoms with Gasteiger partial charge in [0.25, 0.3) is 26.5 Å². The van der Waals surface area contributed by atoms with Crippen LogP contribution in [-0.4, -0.2) is 30.6 Å². The van der Waals surface area contributed by atoms with E-state index in [1.807, 2.05) is 4.72 Å². The lowest BCUT2D eigenvalue weighted by atomic mass is 10.2. The highest BCUT2D eigenvalue weighted by atomic mass is 35.5. The predicted octanol–water partition coefficient (Wildman–Crippen LogP) is 4.94. The minimum absolute atomic E-state index is 0.259. The van der Waals surface area contributed by atoms with E-state index in [0.29, 0.717) is 16.4 Å². The van der Waals surface area contributed by atoms with Gasteiger partial charge in [0.2, 0.25) is 0 Å². The Labute approximate surface area is 199 Å². The number of nitrogens with one attached hydrogen (secondary N) is 1. The third-order valence-electron chi connectivity index (χ3n) is 4.80. The van der Waals surface area contributed by atoms with Crippen molar-refractivity contribution in [2.75, 3.05) is 4.72 Å². The molecule has 0 bridgehead atoms. The molecule has 0 saturated carbocycles. The van der Waals surface area contributed by atoms with Crippen LogP contribution in [0.1, 0.15) is 12.0 Å². The molecular weight excluding hydrogens is 543 g/mol. The Morgan fingerprint density at radius 1 is 1.00 bits per heavy atom. The Morgan fingerprint density at radius 3 is 2.23 bits per heavy atom. The lowest BCUT2D eigenvalue weighted by molar-refractivity contribution is -0.212. The number of hydrogen-bond donors (Lipinski definition) is 1. The van der Waals surface area contributed by atoms with Crippen LogP contribution in [0.2, 0.25) is 5.15 Å². The van der Waals surface area contributed by atoms with Gasteiger partial charge in [-0.15, -0.1) is 13.2 Å². The van der Waals surface area contributed by atoms with Crippen LogP contribution in [0.25, 0.3) is 10.9 Å². The van der Waals surface area contributed by atoms with Crippen molar-refractivity contribution in [2.24, 2.45) is 0 Å². The normalized spacial score (nSPS) is 13.0. The number of sulfonamides is 1. The fourth-order valence-corrected chi connectivity index (χ4v) is 6.21. The summed E-state index contributed by atoms with van der Waals surface area (Å²) in [6.07, 6.45) is -6.84. The number of aromatic nitrogens is 3. The summed E-state index contributed by atoms with van der Waals surface area (Å²) in [5, 5.41) is 1.62. The van der Waals surface area contributed by atoms with Gasteiger partial charge in [-0.05, 0) is 18.2 Å². The Hall–Kier alpha value is -3.17. The van der Waals surface area contributed by atoms with E-state index in [-0.39, 0.29) is 15.8 Å². The first-order chi connectivity index (χ1) is 16.2. The highest BCUT2D eigenvalue weighted by molar-refractivity contribution is 7.93. The van der Waals surface area contributed by atoms with E-state index in [1.54, 1.807) is 0 Å². The van der Waals surface area contributed by atoms with Crippen molar-refractivity contribution in [3.63, 3.8) is 0 Å². The summed E-state index contributed by atoms with van der Waals surface area (Å²) in [4.78, 5) is -0.964. The quantitative estimate of drug-likeness (QED) is 0.340. The summed E-state index contributed by atoms with van der Waals surface area (Å²) >= 11 is 5.60. The van der Waals surface area contributed by atoms with Crippen LogP contribution in [0.4, 0.5) is 27.6 Å². The maximum Gasteiger partial charge on any atom is 0.505 e. The van der Waals surface area contributed by atoms with Gasteiger partial charge in [-0.25, -0.2) is 29.6 Å². The summed E-state index contributed by atoms with van der Waals surface area (Å²) < 4.78 is 120. The van der Waals surface area contributed by atoms with Gasteiger partial charge in [-0.3, -0.25) is 4.72 Å². The molecule has 2 heterocycles. The van der Waals surface area contributed by atoms with E-state index in [4.69, 9.17) is 11.6 Å². The first-order valence-electron chi connectivity index (χ1n) is 9.31. The first-order valence-corrected chi connectivity index (χ1v) is 12.6. The van der Waals surface area contributed by atoms with Crippen molar-refractivity contribution < 1.29 is 38.8 Å². The number of halogens is 6. The summed E-state index contributed by atoms with van der Waals surface area (Å²) in [6, 6.07) is 9.47. The lowest BCUT2D eigenvalue weighted by Gasteiger charge is -2.08. The molecule has 8 nitrogen and oxygen atoms in total. The van der Waals surface area contributed by atoms with Crippen molar-refractivity contribution >= 4 is 48.2 Å². The molecule has 2 aromatic carbocycles. The van der Waals surface area contributed by atoms with E-state index in [2.05, 4.69) is 5.10 Å². The van der Waals surface area contributed by atoms with Crippen molar-refractivity contribution in [1.29, 1.82) is 0 Å². The third-order valence-corrected chi connectivity index (χ3v) is 8.24. The fourth-order valence-electron chi connectivity index (χ4n) is 3.22. The van der Waals surface area contributed by atoms with E-state index in [1.165, 1.54) is 30.3 Å². The molecule has 2 aromatic heterocycles. The van der Waals surface area contributed by atoms with Gasteiger partial charge in [0.05, 0.1) is 16.6 Å². The Kier molecular flexibility index (Phi) is 6.05. The third kappa shape index (κ3) is 4.46. The monoisotopic (exact) mass is 554 g/mol. The Morgan fingerprint density at radius 2 is 1.66 bits per heavy atom. The standard InChI is InChI=1S/C19H12ClF5N4O4S2/c20-17-14(9-26-29(17)19(23,24)25)27-34(30,31)16-10-28(35(32,33)12-4-2-1-3-5-12)15-8-11(18(21)22)6-7-13(15)16/h1-10,18,27H. The molecule has 0 saturated heterocycles. The molecule has 0 radical (unpaired) electrons. The molecule has 16 heteroatoms. The van der Waals surface area contributed by atoms with Gasteiger partial charge in [0, 0.05) is 17.1 Å². The molecule has 0 aliphatic carbocycles. The number of alkyl halides is 5. The summed E-state index contributed by atoms with van der Waals surface area (Å²) in [5.41, 5.74) is -1.70. The molecular formula is C19H12ClF5N4O4S2. The maximum atomic E-state index is 13.3. The molecule has 186 valence electrons. The van der Waals surface area contributed by atoms with E-state index in [9.17, 15) is 38.8 Å². The zero-order valence-electron chi connectivity index (χ0n) is 16.9. The van der Waals surface area contributed by atoms with E-state index >= 15 is 0 Å². The second kappa shape index (κ2) is 8.49. The highest BCUT2D eigenvalue weighted by Gasteiger charge is 2.36. The SMILES string of the molecule is O=S(=O)(Nc1cnn(C(F)(F)F)c1Cl)c1cn(S(=O)(=O)c2ccccc2)c2cc(C(F)F)ccc12. The molecule has 4 aromatic rings. The molecule has 0 amide bonds. The van der Waals surface area contributed by atoms with Crippen molar-refractivity contribution in [2.45, 2.75) is 22.5 Å². The summed E-state index contributed by atoms with van der Waals surface area (Å²) in [6.45, 7) is 0. The minimum Gasteiger partial charge on any atom is -0.275 e. The molecule has 35 heavy (non-hydrogen) atoms. The molecule has 1 N–H and O–H groups in total. The fraction of sp³-hybridized carbons (Fsp3) is 0.105. The van der Waals surface area contributed by atoms with E-state index in [0.717, 1.165) is 18.2 Å². The van der Waals surface area contributed by atoms with Crippen LogP contribution in [-0.2, 0) is 26.3 Å². The van der Waals surface area contributed by atoms with Crippen LogP contribution in [0.3, 0.4) is 0 Å². The average molecular weight is 555 g/mol. The molecule has 0 atom stereocenters. The largest absolute Gasteiger partial charge is 0.505 e. The highest BCUT2D eigenvalue weighted by Crippen LogP contribution is 2.35. The lowest BCUT2D eigenvalue weighted by Crippen LogP contribution is -2.18. The summed E-state index contributed by atoms with van der Waals surface area (Å²) in [7, 11) is -9.23. The van der Waals surface area contributed by atoms with Crippen LogP contribution in [0.5, 0.6) is 0 Å². The minimum atomic E-state index is -5.04. The molecule has 4 rings (SSSR count). The van der Waals surface area contributed by atoms with Gasteiger partial charge in [0.15, 0.2) is 5.15 Å². The van der Waals surface area contributed by atoms with Crippen LogP contribution in [0.15, 0.2) is 70.7 Å². The van der Waals surface area contributed by atoms with Crippen LogP contribution >= 0.6 is 11.6 Å². The number of rotatable bonds is 6. The van der Waals surface area contributed by atoms with Crippen molar-refractivity contribution in [3.05, 3.63) is 71.6 Å². The Balaban J connectivity index is 1.91. The number of nitrogens with zero attached hydrogens (tertiary/aromatic N) is 3. The zero-order valence-corrected chi connectivity index (χ0v) is 19.3. The Bertz CT molecular complexity index is 1630. The molecule has 0 unspecified atom stereocenters. The smallest absolute Gasteiger partial charge is 0.275 e. The zero-order chi connectivity index (χ0) is 25.8. The summed E-state index contributed by atoms with van der Waals surface area (Å²) in [5.74, 6) is 0. The average Bonchev–Trinajstić information content (AvgIpc) is 3.35. The topological polar surface area (TPSA) is 103 Å². The van der Waals surface area contributed by atoms with Gasteiger partial charge in [-0.2, -0.15) is 9.78 Å². The van der Waals surface area contributed by atoms with Crippen LogP contribution < -0.4 is 4.72 Å². The second-order valence-electron chi connectivity index (χ2n) is 7.02. The number of fused-ring (bicyclic) bond motifs is 1. The van der Waals surface area contributed by atoms with Gasteiger partial charge in [-0.1, -0.05) is 41.9 Å². The van der Waals surface area contributed by atoms with Gasteiger partial charge >= 0.3 is 6.30 Å². The first kappa shape index (κ1) is 24.9. The van der Waals surface area contributed by atoms with Crippen LogP contribution in [0, 0.1) is 0 Å². The maximum absolute atomic E-state index is 13.3. The number of hydrogen-bond acceptors (Lipinski definition) is 5.